The molecule has 1 heterocycles. The monoisotopic (exact) mass is 324 g/mol. The Morgan fingerprint density at radius 1 is 1.08 bits per heavy atom. The predicted molar refractivity (Wildman–Crippen MR) is 94.8 cm³/mol. The molecule has 0 aliphatic carbocycles. The minimum Gasteiger partial charge on any atom is -0.383 e. The molecular formula is C20H24N2O2. The van der Waals surface area contributed by atoms with Gasteiger partial charge in [-0.1, -0.05) is 48.5 Å². The highest BCUT2D eigenvalue weighted by molar-refractivity contribution is 5.94. The smallest absolute Gasteiger partial charge is 0.253 e. The summed E-state index contributed by atoms with van der Waals surface area (Å²) in [6.45, 7) is 1.05. The van der Waals surface area contributed by atoms with Crippen molar-refractivity contribution >= 4 is 5.91 Å². The topological polar surface area (TPSA) is 43.8 Å². The van der Waals surface area contributed by atoms with E-state index in [2.05, 4.69) is 0 Å². The van der Waals surface area contributed by atoms with Gasteiger partial charge in [0.1, 0.15) is 5.60 Å². The molecule has 0 saturated carbocycles. The van der Waals surface area contributed by atoms with Crippen LogP contribution in [0.25, 0.3) is 0 Å². The van der Waals surface area contributed by atoms with E-state index in [0.717, 1.165) is 5.56 Å². The van der Waals surface area contributed by atoms with Crippen molar-refractivity contribution in [2.45, 2.75) is 18.1 Å². The summed E-state index contributed by atoms with van der Waals surface area (Å²) in [5, 5.41) is 11.4. The molecule has 126 valence electrons. The van der Waals surface area contributed by atoms with Crippen molar-refractivity contribution in [2.75, 3.05) is 27.2 Å². The molecule has 1 fully saturated rings. The number of rotatable bonds is 3. The number of carbonyl (C=O) groups is 1. The van der Waals surface area contributed by atoms with Crippen LogP contribution in [0.4, 0.5) is 0 Å². The van der Waals surface area contributed by atoms with Crippen molar-refractivity contribution < 1.29 is 9.90 Å². The van der Waals surface area contributed by atoms with Gasteiger partial charge < -0.3 is 14.9 Å². The maximum atomic E-state index is 12.7. The molecule has 0 unspecified atom stereocenters. The van der Waals surface area contributed by atoms with E-state index in [1.807, 2.05) is 84.6 Å². The third kappa shape index (κ3) is 3.07. The molecule has 1 aliphatic heterocycles. The number of likely N-dealkylation sites (N-methyl/N-ethyl adjacent to an activating group) is 1. The van der Waals surface area contributed by atoms with Crippen LogP contribution < -0.4 is 0 Å². The quantitative estimate of drug-likeness (QED) is 0.942. The molecule has 3 rings (SSSR count). The van der Waals surface area contributed by atoms with E-state index in [4.69, 9.17) is 0 Å². The largest absolute Gasteiger partial charge is 0.383 e. The van der Waals surface area contributed by atoms with Gasteiger partial charge in [0.05, 0.1) is 6.04 Å². The van der Waals surface area contributed by atoms with Crippen molar-refractivity contribution in [3.8, 4) is 0 Å². The molecular weight excluding hydrogens is 300 g/mol. The third-order valence-electron chi connectivity index (χ3n) is 4.91. The van der Waals surface area contributed by atoms with Crippen molar-refractivity contribution in [3.63, 3.8) is 0 Å². The molecule has 0 radical (unpaired) electrons. The first-order valence-corrected chi connectivity index (χ1v) is 8.31. The van der Waals surface area contributed by atoms with Crippen LogP contribution in [0.5, 0.6) is 0 Å². The molecule has 2 aromatic rings. The molecule has 0 aromatic heterocycles. The Hall–Kier alpha value is -2.17. The van der Waals surface area contributed by atoms with Gasteiger partial charge in [-0.25, -0.2) is 0 Å². The summed E-state index contributed by atoms with van der Waals surface area (Å²) in [5.74, 6) is 0.0255. The van der Waals surface area contributed by atoms with E-state index in [1.165, 1.54) is 0 Å². The number of piperidine rings is 1. The van der Waals surface area contributed by atoms with Gasteiger partial charge >= 0.3 is 0 Å². The third-order valence-corrected chi connectivity index (χ3v) is 4.91. The van der Waals surface area contributed by atoms with E-state index in [1.54, 1.807) is 0 Å². The number of amides is 1. The summed E-state index contributed by atoms with van der Waals surface area (Å²) in [5.41, 5.74) is 0.661. The Kier molecular flexibility index (Phi) is 4.69. The fraction of sp³-hybridized carbons (Fsp3) is 0.350. The lowest BCUT2D eigenvalue weighted by molar-refractivity contribution is -0.0810. The Labute approximate surface area is 143 Å². The number of hydrogen-bond donors (Lipinski definition) is 1. The molecule has 1 N–H and O–H groups in total. The number of carbonyl (C=O) groups excluding carboxylic acids is 1. The normalized spacial score (nSPS) is 24.2. The zero-order chi connectivity index (χ0) is 17.2. The summed E-state index contributed by atoms with van der Waals surface area (Å²) in [4.78, 5) is 16.6. The van der Waals surface area contributed by atoms with Crippen LogP contribution in [0.2, 0.25) is 0 Å². The number of aliphatic hydroxyl groups is 1. The highest BCUT2D eigenvalue weighted by atomic mass is 16.3. The first-order chi connectivity index (χ1) is 11.5. The number of benzene rings is 2. The Morgan fingerprint density at radius 3 is 2.25 bits per heavy atom. The van der Waals surface area contributed by atoms with Gasteiger partial charge in [0.15, 0.2) is 0 Å². The van der Waals surface area contributed by atoms with E-state index in [0.29, 0.717) is 25.1 Å². The highest BCUT2D eigenvalue weighted by Crippen LogP contribution is 2.35. The minimum absolute atomic E-state index is 0.0255. The van der Waals surface area contributed by atoms with Gasteiger partial charge in [0.2, 0.25) is 0 Å². The fourth-order valence-corrected chi connectivity index (χ4v) is 3.52. The average molecular weight is 324 g/mol. The lowest BCUT2D eigenvalue weighted by Crippen LogP contribution is -2.60. The molecule has 0 spiro atoms. The zero-order valence-corrected chi connectivity index (χ0v) is 14.2. The number of likely N-dealkylation sites (tertiary alicyclic amines) is 1. The first-order valence-electron chi connectivity index (χ1n) is 8.31. The van der Waals surface area contributed by atoms with Crippen molar-refractivity contribution in [1.82, 2.24) is 9.80 Å². The second kappa shape index (κ2) is 6.75. The van der Waals surface area contributed by atoms with E-state index >= 15 is 0 Å². The SMILES string of the molecule is CN(C)[C@@H]1CN(C(=O)c2ccccc2)CC[C@]1(O)c1ccccc1. The summed E-state index contributed by atoms with van der Waals surface area (Å²) < 4.78 is 0. The van der Waals surface area contributed by atoms with Crippen LogP contribution in [0.15, 0.2) is 60.7 Å². The van der Waals surface area contributed by atoms with E-state index < -0.39 is 5.60 Å². The Bertz CT molecular complexity index is 687. The molecule has 4 nitrogen and oxygen atoms in total. The zero-order valence-electron chi connectivity index (χ0n) is 14.2. The Balaban J connectivity index is 1.85. The molecule has 1 aliphatic rings. The molecule has 2 aromatic carbocycles. The lowest BCUT2D eigenvalue weighted by atomic mass is 9.79. The van der Waals surface area contributed by atoms with Gasteiger partial charge in [0, 0.05) is 18.7 Å². The van der Waals surface area contributed by atoms with Crippen LogP contribution in [0, 0.1) is 0 Å². The molecule has 4 heteroatoms. The summed E-state index contributed by atoms with van der Waals surface area (Å²) in [6, 6.07) is 19.0. The molecule has 24 heavy (non-hydrogen) atoms. The van der Waals surface area contributed by atoms with Crippen LogP contribution >= 0.6 is 0 Å². The number of nitrogens with zero attached hydrogens (tertiary/aromatic N) is 2. The average Bonchev–Trinajstić information content (AvgIpc) is 2.63. The van der Waals surface area contributed by atoms with Gasteiger partial charge in [-0.2, -0.15) is 0 Å². The predicted octanol–water partition coefficient (Wildman–Crippen LogP) is 2.35. The fourth-order valence-electron chi connectivity index (χ4n) is 3.52. The van der Waals surface area contributed by atoms with Crippen LogP contribution in [0.3, 0.4) is 0 Å². The van der Waals surface area contributed by atoms with Gasteiger partial charge in [-0.05, 0) is 38.2 Å². The molecule has 1 amide bonds. The standard InChI is InChI=1S/C20H24N2O2/c1-21(2)18-15-22(19(23)16-9-5-3-6-10-16)14-13-20(18,24)17-11-7-4-8-12-17/h3-12,18,24H,13-15H2,1-2H3/t18-,20+/m1/s1. The van der Waals surface area contributed by atoms with E-state index in [-0.39, 0.29) is 11.9 Å². The first kappa shape index (κ1) is 16.7. The summed E-state index contributed by atoms with van der Waals surface area (Å²) in [7, 11) is 3.91. The van der Waals surface area contributed by atoms with Gasteiger partial charge in [-0.3, -0.25) is 4.79 Å². The second-order valence-corrected chi connectivity index (χ2v) is 6.64. The number of hydrogen-bond acceptors (Lipinski definition) is 3. The van der Waals surface area contributed by atoms with Crippen LogP contribution in [-0.4, -0.2) is 54.0 Å². The second-order valence-electron chi connectivity index (χ2n) is 6.64. The molecule has 2 atom stereocenters. The summed E-state index contributed by atoms with van der Waals surface area (Å²) in [6.07, 6.45) is 0.526. The van der Waals surface area contributed by atoms with Crippen LogP contribution in [0.1, 0.15) is 22.3 Å². The van der Waals surface area contributed by atoms with E-state index in [9.17, 15) is 9.90 Å². The van der Waals surface area contributed by atoms with Gasteiger partial charge in [-0.15, -0.1) is 0 Å². The van der Waals surface area contributed by atoms with Crippen molar-refractivity contribution in [3.05, 3.63) is 71.8 Å². The van der Waals surface area contributed by atoms with Crippen molar-refractivity contribution in [1.29, 1.82) is 0 Å². The van der Waals surface area contributed by atoms with Gasteiger partial charge in [0.25, 0.3) is 5.91 Å². The van der Waals surface area contributed by atoms with Crippen molar-refractivity contribution in [2.24, 2.45) is 0 Å². The maximum absolute atomic E-state index is 12.7. The minimum atomic E-state index is -0.946. The van der Waals surface area contributed by atoms with Crippen LogP contribution in [-0.2, 0) is 5.60 Å². The lowest BCUT2D eigenvalue weighted by Gasteiger charge is -2.47. The Morgan fingerprint density at radius 2 is 1.67 bits per heavy atom. The molecule has 1 saturated heterocycles. The molecule has 0 bridgehead atoms. The summed E-state index contributed by atoms with van der Waals surface area (Å²) >= 11 is 0. The maximum Gasteiger partial charge on any atom is 0.253 e. The highest BCUT2D eigenvalue weighted by Gasteiger charge is 2.45.